The van der Waals surface area contributed by atoms with Gasteiger partial charge in [0.05, 0.1) is 13.1 Å². The van der Waals surface area contributed by atoms with Crippen molar-refractivity contribution < 1.29 is 13.7 Å². The molecular formula is C24H27FN4O2. The lowest BCUT2D eigenvalue weighted by Gasteiger charge is -2.33. The Hall–Kier alpha value is -2.90. The first-order valence-electron chi connectivity index (χ1n) is 10.7. The van der Waals surface area contributed by atoms with Crippen molar-refractivity contribution in [3.63, 3.8) is 0 Å². The third-order valence-electron chi connectivity index (χ3n) is 5.68. The predicted octanol–water partition coefficient (Wildman–Crippen LogP) is 3.37. The summed E-state index contributed by atoms with van der Waals surface area (Å²) in [6, 6.07) is 14.2. The Balaban J connectivity index is 1.24. The number of carbonyl (C=O) groups excluding carboxylic acids is 1. The number of hydrogen-bond acceptors (Lipinski definition) is 6. The molecule has 1 aromatic heterocycles. The van der Waals surface area contributed by atoms with Crippen molar-refractivity contribution in [2.24, 2.45) is 0 Å². The molecule has 0 bridgehead atoms. The van der Waals surface area contributed by atoms with Gasteiger partial charge in [-0.15, -0.1) is 0 Å². The molecule has 3 aromatic rings. The highest BCUT2D eigenvalue weighted by Crippen LogP contribution is 2.17. The zero-order valence-electron chi connectivity index (χ0n) is 17.8. The minimum atomic E-state index is -0.293. The zero-order chi connectivity index (χ0) is 21.6. The van der Waals surface area contributed by atoms with Gasteiger partial charge >= 0.3 is 0 Å². The first-order chi connectivity index (χ1) is 15.1. The molecule has 0 spiro atoms. The van der Waals surface area contributed by atoms with Crippen molar-refractivity contribution in [2.75, 3.05) is 32.7 Å². The van der Waals surface area contributed by atoms with Crippen LogP contribution in [0.15, 0.2) is 53.1 Å². The number of hydrogen-bond donors (Lipinski definition) is 0. The molecule has 0 amide bonds. The molecule has 162 valence electrons. The minimum Gasteiger partial charge on any atom is -0.338 e. The molecular weight excluding hydrogens is 395 g/mol. The van der Waals surface area contributed by atoms with Crippen LogP contribution in [0.4, 0.5) is 4.39 Å². The van der Waals surface area contributed by atoms with Gasteiger partial charge in [0, 0.05) is 38.2 Å². The molecule has 0 saturated carbocycles. The second-order valence-corrected chi connectivity index (χ2v) is 7.91. The zero-order valence-corrected chi connectivity index (χ0v) is 17.8. The molecule has 2 aromatic carbocycles. The first kappa shape index (κ1) is 21.3. The molecule has 0 radical (unpaired) electrons. The Labute approximate surface area is 181 Å². The van der Waals surface area contributed by atoms with Gasteiger partial charge in [0.25, 0.3) is 0 Å². The van der Waals surface area contributed by atoms with Crippen LogP contribution in [0.2, 0.25) is 0 Å². The average Bonchev–Trinajstić information content (AvgIpc) is 3.24. The van der Waals surface area contributed by atoms with E-state index in [-0.39, 0.29) is 11.6 Å². The molecule has 0 N–H and O–H groups in total. The summed E-state index contributed by atoms with van der Waals surface area (Å²) in [4.78, 5) is 21.5. The summed E-state index contributed by atoms with van der Waals surface area (Å²) in [6.45, 7) is 6.52. The van der Waals surface area contributed by atoms with E-state index < -0.39 is 0 Å². The number of aromatic nitrogens is 2. The van der Waals surface area contributed by atoms with Gasteiger partial charge in [0.2, 0.25) is 11.7 Å². The van der Waals surface area contributed by atoms with E-state index >= 15 is 0 Å². The van der Waals surface area contributed by atoms with E-state index in [4.69, 9.17) is 4.52 Å². The van der Waals surface area contributed by atoms with Crippen LogP contribution in [0.25, 0.3) is 11.4 Å². The van der Waals surface area contributed by atoms with Crippen molar-refractivity contribution in [2.45, 2.75) is 26.3 Å². The van der Waals surface area contributed by atoms with Crippen LogP contribution in [0.1, 0.15) is 23.9 Å². The van der Waals surface area contributed by atoms with E-state index in [0.717, 1.165) is 43.7 Å². The van der Waals surface area contributed by atoms with Gasteiger partial charge in [-0.2, -0.15) is 4.98 Å². The van der Waals surface area contributed by atoms with Crippen LogP contribution < -0.4 is 0 Å². The molecule has 2 heterocycles. The van der Waals surface area contributed by atoms with E-state index in [1.807, 2.05) is 12.1 Å². The van der Waals surface area contributed by atoms with Gasteiger partial charge in [-0.3, -0.25) is 14.6 Å². The summed E-state index contributed by atoms with van der Waals surface area (Å²) in [5.74, 6) is 0.972. The SMILES string of the molecule is CCc1ccccc1CC(=O)CN1CCN(Cc2nc(-c3ccc(F)cc3)no2)CC1. The maximum atomic E-state index is 13.1. The summed E-state index contributed by atoms with van der Waals surface area (Å²) in [5, 5.41) is 4.00. The van der Waals surface area contributed by atoms with Crippen LogP contribution in [-0.4, -0.2) is 58.4 Å². The third kappa shape index (κ3) is 5.62. The largest absolute Gasteiger partial charge is 0.338 e. The van der Waals surface area contributed by atoms with Crippen LogP contribution in [0.5, 0.6) is 0 Å². The van der Waals surface area contributed by atoms with Crippen molar-refractivity contribution in [3.05, 3.63) is 71.4 Å². The molecule has 6 nitrogen and oxygen atoms in total. The van der Waals surface area contributed by atoms with E-state index in [2.05, 4.69) is 39.0 Å². The fourth-order valence-corrected chi connectivity index (χ4v) is 3.92. The van der Waals surface area contributed by atoms with Crippen molar-refractivity contribution in [1.29, 1.82) is 0 Å². The first-order valence-corrected chi connectivity index (χ1v) is 10.7. The van der Waals surface area contributed by atoms with E-state index in [0.29, 0.717) is 31.2 Å². The number of Topliss-reactive ketones (excluding diaryl/α,β-unsaturated/α-hetero) is 1. The Morgan fingerprint density at radius 2 is 1.68 bits per heavy atom. The Morgan fingerprint density at radius 3 is 2.39 bits per heavy atom. The number of benzene rings is 2. The van der Waals surface area contributed by atoms with Gasteiger partial charge in [0.1, 0.15) is 5.82 Å². The highest BCUT2D eigenvalue weighted by Gasteiger charge is 2.21. The fraction of sp³-hybridized carbons (Fsp3) is 0.375. The maximum absolute atomic E-state index is 13.1. The summed E-state index contributed by atoms with van der Waals surface area (Å²) in [6.07, 6.45) is 1.44. The fourth-order valence-electron chi connectivity index (χ4n) is 3.92. The molecule has 1 aliphatic rings. The Bertz CT molecular complexity index is 1010. The van der Waals surface area contributed by atoms with Gasteiger partial charge in [0.15, 0.2) is 5.78 Å². The van der Waals surface area contributed by atoms with Gasteiger partial charge in [-0.25, -0.2) is 4.39 Å². The molecule has 1 saturated heterocycles. The number of nitrogens with zero attached hydrogens (tertiary/aromatic N) is 4. The summed E-state index contributed by atoms with van der Waals surface area (Å²) in [5.41, 5.74) is 3.12. The molecule has 0 atom stereocenters. The van der Waals surface area contributed by atoms with Gasteiger partial charge < -0.3 is 4.52 Å². The topological polar surface area (TPSA) is 62.5 Å². The number of rotatable bonds is 8. The lowest BCUT2D eigenvalue weighted by Crippen LogP contribution is -2.47. The number of carbonyl (C=O) groups is 1. The number of piperazine rings is 1. The molecule has 4 rings (SSSR count). The standard InChI is InChI=1S/C24H27FN4O2/c1-2-18-5-3-4-6-20(18)15-22(30)16-28-11-13-29(14-12-28)17-23-26-24(27-31-23)19-7-9-21(25)10-8-19/h3-10H,2,11-17H2,1H3. The normalized spacial score (nSPS) is 15.3. The molecule has 0 aliphatic carbocycles. The number of aryl methyl sites for hydroxylation is 1. The number of halogens is 1. The highest BCUT2D eigenvalue weighted by atomic mass is 19.1. The van der Waals surface area contributed by atoms with Crippen molar-refractivity contribution in [3.8, 4) is 11.4 Å². The summed E-state index contributed by atoms with van der Waals surface area (Å²) >= 11 is 0. The Kier molecular flexibility index (Phi) is 6.84. The second-order valence-electron chi connectivity index (χ2n) is 7.91. The second kappa shape index (κ2) is 9.94. The summed E-state index contributed by atoms with van der Waals surface area (Å²) in [7, 11) is 0. The van der Waals surface area contributed by atoms with Crippen LogP contribution >= 0.6 is 0 Å². The van der Waals surface area contributed by atoms with Gasteiger partial charge in [-0.05, 0) is 41.8 Å². The van der Waals surface area contributed by atoms with Gasteiger partial charge in [-0.1, -0.05) is 36.3 Å². The van der Waals surface area contributed by atoms with Crippen LogP contribution in [0, 0.1) is 5.82 Å². The van der Waals surface area contributed by atoms with Crippen molar-refractivity contribution >= 4 is 5.78 Å². The quantitative estimate of drug-likeness (QED) is 0.555. The minimum absolute atomic E-state index is 0.259. The third-order valence-corrected chi connectivity index (χ3v) is 5.68. The summed E-state index contributed by atoms with van der Waals surface area (Å²) < 4.78 is 18.4. The maximum Gasteiger partial charge on any atom is 0.241 e. The molecule has 0 unspecified atom stereocenters. The molecule has 7 heteroatoms. The van der Waals surface area contributed by atoms with E-state index in [1.165, 1.54) is 17.7 Å². The average molecular weight is 423 g/mol. The van der Waals surface area contributed by atoms with Crippen molar-refractivity contribution in [1.82, 2.24) is 19.9 Å². The van der Waals surface area contributed by atoms with Crippen LogP contribution in [0.3, 0.4) is 0 Å². The van der Waals surface area contributed by atoms with E-state index in [9.17, 15) is 9.18 Å². The highest BCUT2D eigenvalue weighted by molar-refractivity contribution is 5.83. The molecule has 1 aliphatic heterocycles. The predicted molar refractivity (Wildman–Crippen MR) is 116 cm³/mol. The van der Waals surface area contributed by atoms with E-state index in [1.54, 1.807) is 12.1 Å². The lowest BCUT2D eigenvalue weighted by molar-refractivity contribution is -0.120. The van der Waals surface area contributed by atoms with Crippen LogP contribution in [-0.2, 0) is 24.2 Å². The number of ketones is 1. The molecule has 1 fully saturated rings. The molecule has 31 heavy (non-hydrogen) atoms. The monoisotopic (exact) mass is 422 g/mol. The lowest BCUT2D eigenvalue weighted by atomic mass is 10.0. The Morgan fingerprint density at radius 1 is 1.00 bits per heavy atom. The smallest absolute Gasteiger partial charge is 0.241 e.